The molecule has 0 radical (unpaired) electrons. The van der Waals surface area contributed by atoms with Crippen molar-refractivity contribution >= 4 is 17.6 Å². The number of benzene rings is 1. The van der Waals surface area contributed by atoms with Gasteiger partial charge in [-0.25, -0.2) is 0 Å². The summed E-state index contributed by atoms with van der Waals surface area (Å²) in [6.45, 7) is 0.371. The molecule has 5 heteroatoms. The van der Waals surface area contributed by atoms with Crippen LogP contribution in [0.3, 0.4) is 0 Å². The highest BCUT2D eigenvalue weighted by atomic mass is 16.4. The second-order valence-corrected chi connectivity index (χ2v) is 4.71. The third-order valence-electron chi connectivity index (χ3n) is 3.29. The Kier molecular flexibility index (Phi) is 3.34. The number of nitrogens with one attached hydrogen (secondary N) is 1. The van der Waals surface area contributed by atoms with Gasteiger partial charge in [-0.2, -0.15) is 0 Å². The minimum Gasteiger partial charge on any atom is -0.481 e. The number of anilines is 1. The van der Waals surface area contributed by atoms with Crippen molar-refractivity contribution in [3.63, 3.8) is 0 Å². The summed E-state index contributed by atoms with van der Waals surface area (Å²) in [7, 11) is 0. The van der Waals surface area contributed by atoms with Crippen LogP contribution in [0.4, 0.5) is 5.69 Å². The first-order valence-corrected chi connectivity index (χ1v) is 5.88. The predicted molar refractivity (Wildman–Crippen MR) is 67.1 cm³/mol. The normalized spacial score (nSPS) is 16.1. The molecule has 0 aliphatic heterocycles. The van der Waals surface area contributed by atoms with Crippen molar-refractivity contribution in [1.82, 2.24) is 0 Å². The first-order chi connectivity index (χ1) is 8.55. The van der Waals surface area contributed by atoms with E-state index in [4.69, 9.17) is 10.8 Å². The van der Waals surface area contributed by atoms with Crippen LogP contribution >= 0.6 is 0 Å². The molecule has 0 aromatic heterocycles. The number of amides is 1. The summed E-state index contributed by atoms with van der Waals surface area (Å²) in [6.07, 6.45) is 1.67. The minimum absolute atomic E-state index is 0.0129. The van der Waals surface area contributed by atoms with Gasteiger partial charge in [-0.1, -0.05) is 12.1 Å². The van der Waals surface area contributed by atoms with Gasteiger partial charge in [0.05, 0.1) is 11.8 Å². The average molecular weight is 248 g/mol. The van der Waals surface area contributed by atoms with Gasteiger partial charge < -0.3 is 16.2 Å². The molecular weight excluding hydrogens is 232 g/mol. The molecule has 4 N–H and O–H groups in total. The lowest BCUT2D eigenvalue weighted by molar-refractivity contribution is -0.136. The van der Waals surface area contributed by atoms with Gasteiger partial charge in [-0.05, 0) is 30.5 Å². The zero-order valence-electron chi connectivity index (χ0n) is 9.98. The Morgan fingerprint density at radius 2 is 1.89 bits per heavy atom. The minimum atomic E-state index is -0.869. The van der Waals surface area contributed by atoms with E-state index in [0.717, 1.165) is 12.8 Å². The van der Waals surface area contributed by atoms with Crippen LogP contribution in [-0.2, 0) is 16.0 Å². The number of rotatable bonds is 5. The van der Waals surface area contributed by atoms with Gasteiger partial charge in [0.1, 0.15) is 0 Å². The van der Waals surface area contributed by atoms with Crippen molar-refractivity contribution in [3.8, 4) is 0 Å². The molecule has 1 amide bonds. The molecule has 0 atom stereocenters. The highest BCUT2D eigenvalue weighted by Crippen LogP contribution is 2.45. The Labute approximate surface area is 105 Å². The molecule has 18 heavy (non-hydrogen) atoms. The fourth-order valence-electron chi connectivity index (χ4n) is 1.82. The number of carbonyl (C=O) groups excluding carboxylic acids is 1. The molecule has 0 heterocycles. The fraction of sp³-hybridized carbons (Fsp3) is 0.385. The maximum Gasteiger partial charge on any atom is 0.307 e. The first-order valence-electron chi connectivity index (χ1n) is 5.88. The van der Waals surface area contributed by atoms with Crippen LogP contribution in [0.15, 0.2) is 24.3 Å². The Morgan fingerprint density at radius 1 is 1.28 bits per heavy atom. The highest BCUT2D eigenvalue weighted by molar-refractivity contribution is 5.97. The standard InChI is InChI=1S/C13H16N2O3/c14-8-13(5-6-13)12(18)15-10-3-1-9(2-4-10)7-11(16)17/h1-4H,5-8,14H2,(H,15,18)(H,16,17). The van der Waals surface area contributed by atoms with Crippen molar-refractivity contribution in [2.24, 2.45) is 11.1 Å². The van der Waals surface area contributed by atoms with Crippen LogP contribution in [0.2, 0.25) is 0 Å². The summed E-state index contributed by atoms with van der Waals surface area (Å²) in [5.41, 5.74) is 6.58. The van der Waals surface area contributed by atoms with E-state index in [0.29, 0.717) is 17.8 Å². The lowest BCUT2D eigenvalue weighted by Crippen LogP contribution is -2.30. The monoisotopic (exact) mass is 248 g/mol. The SMILES string of the molecule is NCC1(C(=O)Nc2ccc(CC(=O)O)cc2)CC1. The van der Waals surface area contributed by atoms with E-state index in [-0.39, 0.29) is 17.7 Å². The van der Waals surface area contributed by atoms with Crippen molar-refractivity contribution < 1.29 is 14.7 Å². The summed E-state index contributed by atoms with van der Waals surface area (Å²) >= 11 is 0. The number of carboxylic acids is 1. The summed E-state index contributed by atoms with van der Waals surface area (Å²) < 4.78 is 0. The molecule has 1 fully saturated rings. The van der Waals surface area contributed by atoms with Crippen LogP contribution < -0.4 is 11.1 Å². The Bertz CT molecular complexity index is 464. The Hall–Kier alpha value is -1.88. The highest BCUT2D eigenvalue weighted by Gasteiger charge is 2.48. The number of hydrogen-bond acceptors (Lipinski definition) is 3. The molecule has 1 aromatic rings. The topological polar surface area (TPSA) is 92.4 Å². The maximum atomic E-state index is 11.9. The number of hydrogen-bond donors (Lipinski definition) is 3. The van der Waals surface area contributed by atoms with Crippen LogP contribution in [0.25, 0.3) is 0 Å². The van der Waals surface area contributed by atoms with Gasteiger partial charge in [0, 0.05) is 12.2 Å². The number of carbonyl (C=O) groups is 2. The van der Waals surface area contributed by atoms with E-state index < -0.39 is 5.97 Å². The van der Waals surface area contributed by atoms with Gasteiger partial charge in [-0.3, -0.25) is 9.59 Å². The zero-order valence-corrected chi connectivity index (χ0v) is 9.98. The number of carboxylic acid groups (broad SMARTS) is 1. The lowest BCUT2D eigenvalue weighted by Gasteiger charge is -2.12. The van der Waals surface area contributed by atoms with Gasteiger partial charge >= 0.3 is 5.97 Å². The van der Waals surface area contributed by atoms with E-state index >= 15 is 0 Å². The van der Waals surface area contributed by atoms with Crippen LogP contribution in [-0.4, -0.2) is 23.5 Å². The maximum absolute atomic E-state index is 11.9. The fourth-order valence-corrected chi connectivity index (χ4v) is 1.82. The van der Waals surface area contributed by atoms with Crippen molar-refractivity contribution in [3.05, 3.63) is 29.8 Å². The summed E-state index contributed by atoms with van der Waals surface area (Å²) in [4.78, 5) is 22.4. The van der Waals surface area contributed by atoms with Crippen LogP contribution in [0, 0.1) is 5.41 Å². The number of nitrogens with two attached hydrogens (primary N) is 1. The Balaban J connectivity index is 1.98. The largest absolute Gasteiger partial charge is 0.481 e. The second-order valence-electron chi connectivity index (χ2n) is 4.71. The van der Waals surface area contributed by atoms with E-state index in [1.807, 2.05) is 0 Å². The van der Waals surface area contributed by atoms with E-state index in [1.54, 1.807) is 24.3 Å². The molecule has 0 bridgehead atoms. The molecule has 5 nitrogen and oxygen atoms in total. The average Bonchev–Trinajstić information content (AvgIpc) is 3.12. The van der Waals surface area contributed by atoms with E-state index in [9.17, 15) is 9.59 Å². The number of aliphatic carboxylic acids is 1. The van der Waals surface area contributed by atoms with E-state index in [2.05, 4.69) is 5.32 Å². The molecule has 1 aliphatic carbocycles. The predicted octanol–water partition coefficient (Wildman–Crippen LogP) is 0.991. The van der Waals surface area contributed by atoms with Crippen molar-refractivity contribution in [2.45, 2.75) is 19.3 Å². The Morgan fingerprint density at radius 3 is 2.33 bits per heavy atom. The molecule has 1 aliphatic rings. The third kappa shape index (κ3) is 2.68. The van der Waals surface area contributed by atoms with Gasteiger partial charge in [-0.15, -0.1) is 0 Å². The van der Waals surface area contributed by atoms with Gasteiger partial charge in [0.2, 0.25) is 5.91 Å². The van der Waals surface area contributed by atoms with Crippen molar-refractivity contribution in [2.75, 3.05) is 11.9 Å². The molecular formula is C13H16N2O3. The molecule has 0 unspecified atom stereocenters. The zero-order chi connectivity index (χ0) is 13.2. The van der Waals surface area contributed by atoms with Gasteiger partial charge in [0.15, 0.2) is 0 Å². The molecule has 0 spiro atoms. The quantitative estimate of drug-likeness (QED) is 0.724. The van der Waals surface area contributed by atoms with E-state index in [1.165, 1.54) is 0 Å². The summed E-state index contributed by atoms with van der Waals surface area (Å²) in [6, 6.07) is 6.82. The molecule has 2 rings (SSSR count). The third-order valence-corrected chi connectivity index (χ3v) is 3.29. The van der Waals surface area contributed by atoms with Gasteiger partial charge in [0.25, 0.3) is 0 Å². The summed E-state index contributed by atoms with van der Waals surface area (Å²) in [5.74, 6) is -0.914. The lowest BCUT2D eigenvalue weighted by atomic mass is 10.1. The second kappa shape index (κ2) is 4.78. The smallest absolute Gasteiger partial charge is 0.307 e. The van der Waals surface area contributed by atoms with Crippen molar-refractivity contribution in [1.29, 1.82) is 0 Å². The summed E-state index contributed by atoms with van der Waals surface area (Å²) in [5, 5.41) is 11.5. The van der Waals surface area contributed by atoms with Crippen LogP contribution in [0.5, 0.6) is 0 Å². The molecule has 1 aromatic carbocycles. The molecule has 1 saturated carbocycles. The first kappa shape index (κ1) is 12.6. The molecule has 0 saturated heterocycles. The van der Waals surface area contributed by atoms with Crippen LogP contribution in [0.1, 0.15) is 18.4 Å². The molecule has 96 valence electrons.